The Morgan fingerprint density at radius 1 is 1.28 bits per heavy atom. The number of hydrogen-bond acceptors (Lipinski definition) is 3. The lowest BCUT2D eigenvalue weighted by Crippen LogP contribution is -2.40. The van der Waals surface area contributed by atoms with Crippen LogP contribution in [0.25, 0.3) is 0 Å². The van der Waals surface area contributed by atoms with Crippen LogP contribution in [0.5, 0.6) is 0 Å². The highest BCUT2D eigenvalue weighted by atomic mass is 16.5. The molecule has 0 saturated carbocycles. The Balaban J connectivity index is 4.10. The molecule has 0 aromatic carbocycles. The Bertz CT molecular complexity index is 266. The molecule has 0 radical (unpaired) electrons. The van der Waals surface area contributed by atoms with Crippen LogP contribution in [0.15, 0.2) is 0 Å². The molecule has 0 aromatic rings. The molecule has 0 aliphatic heterocycles. The number of carboxylic acids is 1. The van der Waals surface area contributed by atoms with Crippen molar-refractivity contribution in [3.8, 4) is 0 Å². The highest BCUT2D eigenvalue weighted by molar-refractivity contribution is 5.81. The van der Waals surface area contributed by atoms with Crippen molar-refractivity contribution >= 4 is 11.9 Å². The lowest BCUT2D eigenvalue weighted by atomic mass is 10.1. The second kappa shape index (κ2) is 8.91. The van der Waals surface area contributed by atoms with Crippen molar-refractivity contribution in [3.63, 3.8) is 0 Å². The van der Waals surface area contributed by atoms with Gasteiger partial charge < -0.3 is 14.7 Å². The minimum Gasteiger partial charge on any atom is -0.481 e. The van der Waals surface area contributed by atoms with Gasteiger partial charge in [-0.05, 0) is 26.2 Å². The van der Waals surface area contributed by atoms with E-state index >= 15 is 0 Å². The molecule has 1 atom stereocenters. The van der Waals surface area contributed by atoms with Crippen molar-refractivity contribution in [2.24, 2.45) is 5.92 Å². The van der Waals surface area contributed by atoms with Crippen molar-refractivity contribution < 1.29 is 19.4 Å². The Labute approximate surface area is 109 Å². The molecule has 1 amide bonds. The van der Waals surface area contributed by atoms with Gasteiger partial charge in [0.2, 0.25) is 0 Å². The van der Waals surface area contributed by atoms with Crippen LogP contribution >= 0.6 is 0 Å². The zero-order valence-corrected chi connectivity index (χ0v) is 11.8. The smallest absolute Gasteiger partial charge is 0.305 e. The van der Waals surface area contributed by atoms with Gasteiger partial charge in [0.1, 0.15) is 6.10 Å². The Morgan fingerprint density at radius 2 is 1.89 bits per heavy atom. The maximum Gasteiger partial charge on any atom is 0.305 e. The molecular formula is C13H25NO4. The van der Waals surface area contributed by atoms with Crippen LogP contribution in [0, 0.1) is 5.92 Å². The summed E-state index contributed by atoms with van der Waals surface area (Å²) in [6, 6.07) is 0. The van der Waals surface area contributed by atoms with Crippen molar-refractivity contribution in [1.29, 1.82) is 0 Å². The van der Waals surface area contributed by atoms with Crippen LogP contribution in [-0.2, 0) is 14.3 Å². The number of carboxylic acid groups (broad SMARTS) is 1. The molecule has 0 saturated heterocycles. The number of likely N-dealkylation sites (N-methyl/N-ethyl adjacent to an activating group) is 1. The number of rotatable bonds is 9. The monoisotopic (exact) mass is 259 g/mol. The first kappa shape index (κ1) is 16.9. The van der Waals surface area contributed by atoms with E-state index in [-0.39, 0.29) is 18.9 Å². The maximum atomic E-state index is 12.0. The van der Waals surface area contributed by atoms with Gasteiger partial charge >= 0.3 is 5.97 Å². The molecule has 0 aliphatic carbocycles. The van der Waals surface area contributed by atoms with Crippen LogP contribution in [0.1, 0.15) is 40.5 Å². The van der Waals surface area contributed by atoms with Gasteiger partial charge in [-0.2, -0.15) is 0 Å². The van der Waals surface area contributed by atoms with Gasteiger partial charge in [0.15, 0.2) is 0 Å². The number of amides is 1. The van der Waals surface area contributed by atoms with Crippen molar-refractivity contribution in [2.75, 3.05) is 19.7 Å². The van der Waals surface area contributed by atoms with Crippen LogP contribution in [0.3, 0.4) is 0 Å². The molecule has 5 nitrogen and oxygen atoms in total. The highest BCUT2D eigenvalue weighted by Crippen LogP contribution is 2.05. The van der Waals surface area contributed by atoms with Gasteiger partial charge in [-0.3, -0.25) is 9.59 Å². The quantitative estimate of drug-likeness (QED) is 0.685. The third-order valence-corrected chi connectivity index (χ3v) is 2.70. The number of hydrogen-bond donors (Lipinski definition) is 1. The second-order valence-electron chi connectivity index (χ2n) is 4.76. The number of aliphatic carboxylic acids is 1. The average molecular weight is 259 g/mol. The fraction of sp³-hybridized carbons (Fsp3) is 0.846. The predicted molar refractivity (Wildman–Crippen MR) is 69.4 cm³/mol. The zero-order valence-electron chi connectivity index (χ0n) is 11.8. The molecule has 1 N–H and O–H groups in total. The van der Waals surface area contributed by atoms with E-state index in [4.69, 9.17) is 9.84 Å². The molecule has 0 fully saturated rings. The van der Waals surface area contributed by atoms with Gasteiger partial charge in [-0.25, -0.2) is 0 Å². The van der Waals surface area contributed by atoms with Crippen LogP contribution < -0.4 is 0 Å². The van der Waals surface area contributed by atoms with Crippen molar-refractivity contribution in [2.45, 2.75) is 46.6 Å². The number of ether oxygens (including phenoxy) is 1. The molecule has 0 aromatic heterocycles. The first-order valence-corrected chi connectivity index (χ1v) is 6.50. The van der Waals surface area contributed by atoms with Gasteiger partial charge in [0.25, 0.3) is 5.91 Å². The molecule has 18 heavy (non-hydrogen) atoms. The molecular weight excluding hydrogens is 234 g/mol. The van der Waals surface area contributed by atoms with Gasteiger partial charge in [0.05, 0.1) is 6.42 Å². The summed E-state index contributed by atoms with van der Waals surface area (Å²) in [5, 5.41) is 8.61. The Kier molecular flexibility index (Phi) is 8.37. The van der Waals surface area contributed by atoms with Crippen LogP contribution in [0.2, 0.25) is 0 Å². The van der Waals surface area contributed by atoms with E-state index in [1.807, 2.05) is 6.92 Å². The predicted octanol–water partition coefficient (Wildman–Crippen LogP) is 1.76. The summed E-state index contributed by atoms with van der Waals surface area (Å²) >= 11 is 0. The van der Waals surface area contributed by atoms with Gasteiger partial charge in [-0.15, -0.1) is 0 Å². The summed E-state index contributed by atoms with van der Waals surface area (Å²) < 4.78 is 5.47. The Hall–Kier alpha value is -1.10. The lowest BCUT2D eigenvalue weighted by Gasteiger charge is -2.24. The second-order valence-corrected chi connectivity index (χ2v) is 4.76. The van der Waals surface area contributed by atoms with E-state index in [0.29, 0.717) is 19.1 Å². The van der Waals surface area contributed by atoms with Gasteiger partial charge in [-0.1, -0.05) is 13.8 Å². The lowest BCUT2D eigenvalue weighted by molar-refractivity contribution is -0.144. The molecule has 0 heterocycles. The molecule has 1 unspecified atom stereocenters. The van der Waals surface area contributed by atoms with E-state index in [1.165, 1.54) is 4.90 Å². The summed E-state index contributed by atoms with van der Waals surface area (Å²) in [7, 11) is 0. The average Bonchev–Trinajstić information content (AvgIpc) is 2.28. The molecule has 0 aliphatic rings. The number of carbonyl (C=O) groups excluding carboxylic acids is 1. The number of carbonyl (C=O) groups is 2. The SMILES string of the molecule is CCN(CCC(=O)O)C(=O)C(C)OCCC(C)C. The standard InChI is InChI=1S/C13H25NO4/c1-5-14(8-6-12(15)16)13(17)11(4)18-9-7-10(2)3/h10-11H,5-9H2,1-4H3,(H,15,16). The molecule has 0 bridgehead atoms. The van der Waals surface area contributed by atoms with E-state index in [9.17, 15) is 9.59 Å². The fourth-order valence-electron chi connectivity index (χ4n) is 1.46. The van der Waals surface area contributed by atoms with Gasteiger partial charge in [0, 0.05) is 19.7 Å². The summed E-state index contributed by atoms with van der Waals surface area (Å²) in [5.74, 6) is -0.487. The summed E-state index contributed by atoms with van der Waals surface area (Å²) in [5.41, 5.74) is 0. The first-order valence-electron chi connectivity index (χ1n) is 6.50. The largest absolute Gasteiger partial charge is 0.481 e. The Morgan fingerprint density at radius 3 is 2.33 bits per heavy atom. The molecule has 0 spiro atoms. The van der Waals surface area contributed by atoms with E-state index < -0.39 is 12.1 Å². The molecule has 5 heteroatoms. The summed E-state index contributed by atoms with van der Waals surface area (Å²) in [6.07, 6.45) is 0.384. The third-order valence-electron chi connectivity index (χ3n) is 2.70. The van der Waals surface area contributed by atoms with Crippen molar-refractivity contribution in [3.05, 3.63) is 0 Å². The van der Waals surface area contributed by atoms with Crippen LogP contribution in [-0.4, -0.2) is 47.7 Å². The highest BCUT2D eigenvalue weighted by Gasteiger charge is 2.20. The van der Waals surface area contributed by atoms with E-state index in [2.05, 4.69) is 13.8 Å². The first-order chi connectivity index (χ1) is 8.38. The fourth-order valence-corrected chi connectivity index (χ4v) is 1.46. The molecule has 106 valence electrons. The zero-order chi connectivity index (χ0) is 14.1. The molecule has 0 rings (SSSR count). The summed E-state index contributed by atoms with van der Waals surface area (Å²) in [6.45, 7) is 9.04. The van der Waals surface area contributed by atoms with Crippen molar-refractivity contribution in [1.82, 2.24) is 4.90 Å². The van der Waals surface area contributed by atoms with E-state index in [0.717, 1.165) is 6.42 Å². The minimum atomic E-state index is -0.894. The third kappa shape index (κ3) is 7.27. The van der Waals surface area contributed by atoms with Crippen LogP contribution in [0.4, 0.5) is 0 Å². The maximum absolute atomic E-state index is 12.0. The minimum absolute atomic E-state index is 0.0295. The topological polar surface area (TPSA) is 66.8 Å². The van der Waals surface area contributed by atoms with E-state index in [1.54, 1.807) is 6.92 Å². The number of nitrogens with zero attached hydrogens (tertiary/aromatic N) is 1. The summed E-state index contributed by atoms with van der Waals surface area (Å²) in [4.78, 5) is 24.0. The normalized spacial score (nSPS) is 12.5.